The molecule has 0 saturated heterocycles. The van der Waals surface area contributed by atoms with Crippen molar-refractivity contribution in [1.82, 2.24) is 10.2 Å². The van der Waals surface area contributed by atoms with Gasteiger partial charge in [-0.15, -0.1) is 10.2 Å². The van der Waals surface area contributed by atoms with Crippen molar-refractivity contribution in [3.63, 3.8) is 0 Å². The quantitative estimate of drug-likeness (QED) is 0.594. The minimum atomic E-state index is -3.70. The first-order chi connectivity index (χ1) is 14.2. The highest BCUT2D eigenvalue weighted by molar-refractivity contribution is 7.92. The van der Waals surface area contributed by atoms with Gasteiger partial charge in [-0.3, -0.25) is 14.4 Å². The van der Waals surface area contributed by atoms with Gasteiger partial charge in [0.15, 0.2) is 0 Å². The van der Waals surface area contributed by atoms with E-state index in [2.05, 4.69) is 15.5 Å². The molecule has 30 heavy (non-hydrogen) atoms. The third kappa shape index (κ3) is 4.85. The van der Waals surface area contributed by atoms with Crippen LogP contribution in [0.15, 0.2) is 48.5 Å². The van der Waals surface area contributed by atoms with Crippen molar-refractivity contribution in [2.45, 2.75) is 33.2 Å². The van der Waals surface area contributed by atoms with Gasteiger partial charge in [-0.1, -0.05) is 60.7 Å². The van der Waals surface area contributed by atoms with Crippen LogP contribution in [-0.2, 0) is 14.8 Å². The van der Waals surface area contributed by atoms with Crippen LogP contribution in [0, 0.1) is 13.8 Å². The summed E-state index contributed by atoms with van der Waals surface area (Å²) in [5.74, 6) is -0.445. The van der Waals surface area contributed by atoms with Crippen molar-refractivity contribution in [3.8, 4) is 10.6 Å². The van der Waals surface area contributed by atoms with Gasteiger partial charge in [0, 0.05) is 5.56 Å². The molecule has 0 aliphatic rings. The Morgan fingerprint density at radius 3 is 2.47 bits per heavy atom. The van der Waals surface area contributed by atoms with Crippen LogP contribution in [0.4, 0.5) is 10.8 Å². The van der Waals surface area contributed by atoms with Crippen molar-refractivity contribution in [3.05, 3.63) is 59.7 Å². The summed E-state index contributed by atoms with van der Waals surface area (Å²) in [5.41, 5.74) is 3.09. The second kappa shape index (κ2) is 8.93. The number of rotatable bonds is 7. The predicted molar refractivity (Wildman–Crippen MR) is 121 cm³/mol. The third-order valence-corrected chi connectivity index (χ3v) is 6.66. The number of nitrogens with zero attached hydrogens (tertiary/aromatic N) is 3. The number of carbonyl (C=O) groups excluding carboxylic acids is 1. The molecule has 1 heterocycles. The van der Waals surface area contributed by atoms with E-state index in [1.54, 1.807) is 13.0 Å². The summed E-state index contributed by atoms with van der Waals surface area (Å²) in [6.07, 6.45) is 1.42. The number of aromatic nitrogens is 2. The fraction of sp³-hybridized carbons (Fsp3) is 0.286. The van der Waals surface area contributed by atoms with E-state index in [-0.39, 0.29) is 0 Å². The number of aryl methyl sites for hydroxylation is 2. The van der Waals surface area contributed by atoms with Crippen molar-refractivity contribution < 1.29 is 13.2 Å². The molecular weight excluding hydrogens is 420 g/mol. The first-order valence-corrected chi connectivity index (χ1v) is 12.1. The highest BCUT2D eigenvalue weighted by atomic mass is 32.2. The Hall–Kier alpha value is -2.78. The van der Waals surface area contributed by atoms with Crippen LogP contribution >= 0.6 is 11.3 Å². The summed E-state index contributed by atoms with van der Waals surface area (Å²) in [6.45, 7) is 5.49. The van der Waals surface area contributed by atoms with Gasteiger partial charge in [0.2, 0.25) is 21.1 Å². The van der Waals surface area contributed by atoms with Crippen molar-refractivity contribution in [1.29, 1.82) is 0 Å². The topological polar surface area (TPSA) is 92.3 Å². The van der Waals surface area contributed by atoms with E-state index in [0.29, 0.717) is 22.2 Å². The van der Waals surface area contributed by atoms with Gasteiger partial charge in [-0.25, -0.2) is 8.42 Å². The number of sulfonamides is 1. The number of hydrogen-bond acceptors (Lipinski definition) is 6. The molecule has 1 aromatic heterocycles. The Balaban J connectivity index is 1.90. The Bertz CT molecular complexity index is 1140. The van der Waals surface area contributed by atoms with E-state index in [1.165, 1.54) is 15.6 Å². The lowest BCUT2D eigenvalue weighted by Crippen LogP contribution is -2.47. The number of nitrogens with one attached hydrogen (secondary N) is 1. The molecule has 0 fully saturated rings. The first kappa shape index (κ1) is 21.9. The lowest BCUT2D eigenvalue weighted by molar-refractivity contribution is -0.117. The van der Waals surface area contributed by atoms with Crippen molar-refractivity contribution in [2.24, 2.45) is 0 Å². The molecule has 1 atom stereocenters. The van der Waals surface area contributed by atoms with Crippen LogP contribution in [-0.4, -0.2) is 36.8 Å². The molecule has 0 spiro atoms. The molecule has 3 aromatic rings. The molecular formula is C21H24N4O3S2. The highest BCUT2D eigenvalue weighted by Crippen LogP contribution is 2.29. The summed E-state index contributed by atoms with van der Waals surface area (Å²) >= 11 is 1.24. The van der Waals surface area contributed by atoms with Crippen LogP contribution in [0.25, 0.3) is 10.6 Å². The van der Waals surface area contributed by atoms with E-state index < -0.39 is 22.0 Å². The van der Waals surface area contributed by atoms with E-state index >= 15 is 0 Å². The van der Waals surface area contributed by atoms with Gasteiger partial charge in [0.25, 0.3) is 0 Å². The number of amides is 1. The zero-order valence-electron chi connectivity index (χ0n) is 17.3. The van der Waals surface area contributed by atoms with Gasteiger partial charge < -0.3 is 0 Å². The molecule has 0 bridgehead atoms. The summed E-state index contributed by atoms with van der Waals surface area (Å²) in [5, 5.41) is 11.9. The summed E-state index contributed by atoms with van der Waals surface area (Å²) in [7, 11) is -3.70. The number of benzene rings is 2. The van der Waals surface area contributed by atoms with Crippen molar-refractivity contribution in [2.75, 3.05) is 15.9 Å². The maximum absolute atomic E-state index is 13.1. The zero-order chi connectivity index (χ0) is 21.9. The van der Waals surface area contributed by atoms with E-state index in [9.17, 15) is 13.2 Å². The lowest BCUT2D eigenvalue weighted by Gasteiger charge is -2.31. The fourth-order valence-electron chi connectivity index (χ4n) is 3.15. The number of anilines is 2. The first-order valence-electron chi connectivity index (χ1n) is 9.47. The van der Waals surface area contributed by atoms with Crippen LogP contribution in [0.1, 0.15) is 24.5 Å². The average molecular weight is 445 g/mol. The molecule has 9 heteroatoms. The minimum absolute atomic E-state index is 0.302. The van der Waals surface area contributed by atoms with Crippen LogP contribution < -0.4 is 9.62 Å². The summed E-state index contributed by atoms with van der Waals surface area (Å²) in [6, 6.07) is 14.2. The molecule has 2 aromatic carbocycles. The largest absolute Gasteiger partial charge is 0.299 e. The molecule has 1 amide bonds. The Morgan fingerprint density at radius 1 is 1.13 bits per heavy atom. The van der Waals surface area contributed by atoms with Gasteiger partial charge in [0.1, 0.15) is 11.0 Å². The Kier molecular flexibility index (Phi) is 6.52. The van der Waals surface area contributed by atoms with Gasteiger partial charge in [0.05, 0.1) is 11.9 Å². The van der Waals surface area contributed by atoms with E-state index in [1.807, 2.05) is 56.3 Å². The molecule has 0 aliphatic heterocycles. The average Bonchev–Trinajstić information content (AvgIpc) is 3.16. The number of carbonyl (C=O) groups is 1. The third-order valence-electron chi connectivity index (χ3n) is 4.61. The molecule has 0 aliphatic carbocycles. The predicted octanol–water partition coefficient (Wildman–Crippen LogP) is 4.01. The molecule has 3 rings (SSSR count). The standard InChI is InChI=1S/C21H24N4O3S2/c1-5-17(25(30(4,27)28)18-13-14(2)11-12-15(18)3)19(26)22-21-24-23-20(29-21)16-9-7-6-8-10-16/h6-13,17H,5H2,1-4H3,(H,22,24,26)/t17-/m0/s1. The molecule has 158 valence electrons. The normalized spacial score (nSPS) is 12.4. The molecule has 1 N–H and O–H groups in total. The van der Waals surface area contributed by atoms with Gasteiger partial charge in [-0.05, 0) is 37.5 Å². The molecule has 0 saturated carbocycles. The van der Waals surface area contributed by atoms with E-state index in [0.717, 1.165) is 22.9 Å². The second-order valence-electron chi connectivity index (χ2n) is 7.04. The minimum Gasteiger partial charge on any atom is -0.299 e. The zero-order valence-corrected chi connectivity index (χ0v) is 18.9. The van der Waals surface area contributed by atoms with Crippen LogP contribution in [0.2, 0.25) is 0 Å². The van der Waals surface area contributed by atoms with Gasteiger partial charge >= 0.3 is 0 Å². The fourth-order valence-corrected chi connectivity index (χ4v) is 5.17. The number of hydrogen-bond donors (Lipinski definition) is 1. The smallest absolute Gasteiger partial charge is 0.250 e. The maximum Gasteiger partial charge on any atom is 0.250 e. The lowest BCUT2D eigenvalue weighted by atomic mass is 10.1. The molecule has 0 radical (unpaired) electrons. The monoisotopic (exact) mass is 444 g/mol. The summed E-state index contributed by atoms with van der Waals surface area (Å²) in [4.78, 5) is 13.1. The molecule has 7 nitrogen and oxygen atoms in total. The van der Waals surface area contributed by atoms with Gasteiger partial charge in [-0.2, -0.15) is 0 Å². The van der Waals surface area contributed by atoms with Crippen molar-refractivity contribution >= 4 is 38.1 Å². The summed E-state index contributed by atoms with van der Waals surface area (Å²) < 4.78 is 26.5. The Morgan fingerprint density at radius 2 is 1.83 bits per heavy atom. The SMILES string of the molecule is CC[C@@H](C(=O)Nc1nnc(-c2ccccc2)s1)N(c1cc(C)ccc1C)S(C)(=O)=O. The molecule has 0 unspecified atom stereocenters. The Labute approximate surface area is 180 Å². The highest BCUT2D eigenvalue weighted by Gasteiger charge is 2.33. The van der Waals surface area contributed by atoms with Crippen LogP contribution in [0.5, 0.6) is 0 Å². The maximum atomic E-state index is 13.1. The second-order valence-corrected chi connectivity index (χ2v) is 9.88. The van der Waals surface area contributed by atoms with Crippen LogP contribution in [0.3, 0.4) is 0 Å². The van der Waals surface area contributed by atoms with E-state index in [4.69, 9.17) is 0 Å².